The molecule has 3 aromatic rings. The first-order valence-electron chi connectivity index (χ1n) is 7.91. The van der Waals surface area contributed by atoms with E-state index in [2.05, 4.69) is 4.98 Å². The summed E-state index contributed by atoms with van der Waals surface area (Å²) in [5.74, 6) is -0.696. The van der Waals surface area contributed by atoms with E-state index in [-0.39, 0.29) is 18.2 Å². The zero-order valence-electron chi connectivity index (χ0n) is 13.9. The number of benzene rings is 1. The largest absolute Gasteiger partial charge is 0.480 e. The lowest BCUT2D eigenvalue weighted by Gasteiger charge is -2.21. The van der Waals surface area contributed by atoms with Crippen molar-refractivity contribution in [1.29, 1.82) is 0 Å². The van der Waals surface area contributed by atoms with Crippen molar-refractivity contribution in [2.45, 2.75) is 13.8 Å². The molecule has 2 aromatic heterocycles. The lowest BCUT2D eigenvalue weighted by Crippen LogP contribution is -2.38. The van der Waals surface area contributed by atoms with Crippen molar-refractivity contribution in [2.75, 3.05) is 13.1 Å². The number of aliphatic carboxylic acids is 1. The maximum Gasteiger partial charge on any atom is 0.323 e. The fourth-order valence-electron chi connectivity index (χ4n) is 2.52. The van der Waals surface area contributed by atoms with Gasteiger partial charge >= 0.3 is 5.97 Å². The predicted octanol–water partition coefficient (Wildman–Crippen LogP) is 3.74. The van der Waals surface area contributed by atoms with Crippen LogP contribution in [-0.4, -0.2) is 40.0 Å². The number of carboxylic acid groups (broad SMARTS) is 1. The number of thiazole rings is 1. The highest BCUT2D eigenvalue weighted by molar-refractivity contribution is 7.21. The number of hydrogen-bond donors (Lipinski definition) is 1. The summed E-state index contributed by atoms with van der Waals surface area (Å²) < 4.78 is 6.71. The number of para-hydroxylation sites is 1. The molecule has 0 saturated carbocycles. The first kappa shape index (κ1) is 17.2. The van der Waals surface area contributed by atoms with Crippen LogP contribution in [-0.2, 0) is 4.79 Å². The Morgan fingerprint density at radius 2 is 2.00 bits per heavy atom. The molecule has 25 heavy (non-hydrogen) atoms. The standard InChI is InChI=1S/C18H18N2O4S/c1-11(2)9-20(10-16(21)22)18(23)14-8-7-13(24-14)17-19-12-5-3-4-6-15(12)25-17/h3-8,11H,9-10H2,1-2H3,(H,21,22). The quantitative estimate of drug-likeness (QED) is 0.726. The van der Waals surface area contributed by atoms with Crippen LogP contribution in [0.3, 0.4) is 0 Å². The smallest absolute Gasteiger partial charge is 0.323 e. The minimum atomic E-state index is -1.05. The van der Waals surface area contributed by atoms with Gasteiger partial charge in [0.15, 0.2) is 16.5 Å². The molecule has 130 valence electrons. The molecule has 0 saturated heterocycles. The second kappa shape index (κ2) is 7.06. The van der Waals surface area contributed by atoms with E-state index in [1.165, 1.54) is 16.2 Å². The molecule has 0 fully saturated rings. The van der Waals surface area contributed by atoms with E-state index >= 15 is 0 Å². The van der Waals surface area contributed by atoms with E-state index in [4.69, 9.17) is 9.52 Å². The average molecular weight is 358 g/mol. The number of nitrogens with zero attached hydrogens (tertiary/aromatic N) is 2. The van der Waals surface area contributed by atoms with E-state index in [1.54, 1.807) is 12.1 Å². The molecule has 1 aromatic carbocycles. The number of rotatable bonds is 6. The fourth-order valence-corrected chi connectivity index (χ4v) is 3.45. The lowest BCUT2D eigenvalue weighted by molar-refractivity contribution is -0.137. The highest BCUT2D eigenvalue weighted by Gasteiger charge is 2.23. The van der Waals surface area contributed by atoms with Crippen molar-refractivity contribution >= 4 is 33.4 Å². The Bertz CT molecular complexity index is 880. The molecule has 2 heterocycles. The van der Waals surface area contributed by atoms with Gasteiger partial charge in [-0.25, -0.2) is 4.98 Å². The van der Waals surface area contributed by atoms with Crippen molar-refractivity contribution in [3.05, 3.63) is 42.2 Å². The van der Waals surface area contributed by atoms with Crippen molar-refractivity contribution < 1.29 is 19.1 Å². The molecular weight excluding hydrogens is 340 g/mol. The van der Waals surface area contributed by atoms with Gasteiger partial charge in [-0.3, -0.25) is 9.59 Å². The summed E-state index contributed by atoms with van der Waals surface area (Å²) in [5.41, 5.74) is 0.874. The SMILES string of the molecule is CC(C)CN(CC(=O)O)C(=O)c1ccc(-c2nc3ccccc3s2)o1. The van der Waals surface area contributed by atoms with Crippen LogP contribution in [0.4, 0.5) is 0 Å². The van der Waals surface area contributed by atoms with Crippen LogP contribution < -0.4 is 0 Å². The Kier molecular flexibility index (Phi) is 4.85. The van der Waals surface area contributed by atoms with Gasteiger partial charge in [0.05, 0.1) is 10.2 Å². The number of hydrogen-bond acceptors (Lipinski definition) is 5. The van der Waals surface area contributed by atoms with Crippen molar-refractivity contribution in [3.8, 4) is 10.8 Å². The summed E-state index contributed by atoms with van der Waals surface area (Å²) in [7, 11) is 0. The second-order valence-corrected chi connectivity index (χ2v) is 7.15. The molecule has 7 heteroatoms. The Balaban J connectivity index is 1.85. The van der Waals surface area contributed by atoms with E-state index in [0.29, 0.717) is 17.3 Å². The summed E-state index contributed by atoms with van der Waals surface area (Å²) in [6.07, 6.45) is 0. The van der Waals surface area contributed by atoms with Gasteiger partial charge in [-0.15, -0.1) is 11.3 Å². The molecule has 0 aliphatic heterocycles. The van der Waals surface area contributed by atoms with Crippen LogP contribution >= 0.6 is 11.3 Å². The Labute approximate surface area is 148 Å². The normalized spacial score (nSPS) is 11.2. The molecule has 0 unspecified atom stereocenters. The maximum atomic E-state index is 12.6. The Hall–Kier alpha value is -2.67. The molecule has 3 rings (SSSR count). The molecule has 0 aliphatic rings. The number of amides is 1. The fraction of sp³-hybridized carbons (Fsp3) is 0.278. The minimum Gasteiger partial charge on any atom is -0.480 e. The average Bonchev–Trinajstić information content (AvgIpc) is 3.19. The van der Waals surface area contributed by atoms with Crippen molar-refractivity contribution in [3.63, 3.8) is 0 Å². The van der Waals surface area contributed by atoms with Gasteiger partial charge in [0, 0.05) is 6.54 Å². The first-order valence-corrected chi connectivity index (χ1v) is 8.72. The number of carboxylic acids is 1. The van der Waals surface area contributed by atoms with Crippen LogP contribution in [0.25, 0.3) is 21.0 Å². The highest BCUT2D eigenvalue weighted by atomic mass is 32.1. The molecule has 1 amide bonds. The summed E-state index contributed by atoms with van der Waals surface area (Å²) >= 11 is 1.48. The number of furan rings is 1. The summed E-state index contributed by atoms with van der Waals surface area (Å²) in [5, 5.41) is 9.71. The van der Waals surface area contributed by atoms with Gasteiger partial charge in [-0.1, -0.05) is 26.0 Å². The molecule has 0 spiro atoms. The van der Waals surface area contributed by atoms with Crippen LogP contribution in [0.1, 0.15) is 24.4 Å². The van der Waals surface area contributed by atoms with Gasteiger partial charge in [0.1, 0.15) is 6.54 Å². The number of carbonyl (C=O) groups excluding carboxylic acids is 1. The molecule has 0 radical (unpaired) electrons. The first-order chi connectivity index (χ1) is 11.9. The monoisotopic (exact) mass is 358 g/mol. The van der Waals surface area contributed by atoms with Gasteiger partial charge in [0.25, 0.3) is 5.91 Å². The van der Waals surface area contributed by atoms with Crippen LogP contribution in [0.15, 0.2) is 40.8 Å². The third-order valence-corrected chi connectivity index (χ3v) is 4.57. The summed E-state index contributed by atoms with van der Waals surface area (Å²) in [6, 6.07) is 11.0. The molecule has 0 bridgehead atoms. The van der Waals surface area contributed by atoms with Crippen LogP contribution in [0.2, 0.25) is 0 Å². The molecule has 6 nitrogen and oxygen atoms in total. The zero-order chi connectivity index (χ0) is 18.0. The van der Waals surface area contributed by atoms with Crippen LogP contribution in [0, 0.1) is 5.92 Å². The number of fused-ring (bicyclic) bond motifs is 1. The third-order valence-electron chi connectivity index (χ3n) is 3.52. The molecule has 1 N–H and O–H groups in total. The number of aromatic nitrogens is 1. The minimum absolute atomic E-state index is 0.121. The predicted molar refractivity (Wildman–Crippen MR) is 95.7 cm³/mol. The van der Waals surface area contributed by atoms with E-state index in [9.17, 15) is 9.59 Å². The Morgan fingerprint density at radius 1 is 1.24 bits per heavy atom. The maximum absolute atomic E-state index is 12.6. The number of carbonyl (C=O) groups is 2. The zero-order valence-corrected chi connectivity index (χ0v) is 14.7. The van der Waals surface area contributed by atoms with Gasteiger partial charge < -0.3 is 14.4 Å². The van der Waals surface area contributed by atoms with E-state index < -0.39 is 11.9 Å². The van der Waals surface area contributed by atoms with Crippen LogP contribution in [0.5, 0.6) is 0 Å². The van der Waals surface area contributed by atoms with Gasteiger partial charge in [-0.2, -0.15) is 0 Å². The van der Waals surface area contributed by atoms with E-state index in [0.717, 1.165) is 10.2 Å². The summed E-state index contributed by atoms with van der Waals surface area (Å²) in [6.45, 7) is 3.85. The van der Waals surface area contributed by atoms with Gasteiger partial charge in [0.2, 0.25) is 0 Å². The topological polar surface area (TPSA) is 83.6 Å². The Morgan fingerprint density at radius 3 is 2.68 bits per heavy atom. The van der Waals surface area contributed by atoms with Crippen molar-refractivity contribution in [1.82, 2.24) is 9.88 Å². The van der Waals surface area contributed by atoms with Gasteiger partial charge in [-0.05, 0) is 30.2 Å². The van der Waals surface area contributed by atoms with Crippen molar-refractivity contribution in [2.24, 2.45) is 5.92 Å². The highest BCUT2D eigenvalue weighted by Crippen LogP contribution is 2.31. The molecular formula is C18H18N2O4S. The molecule has 0 atom stereocenters. The lowest BCUT2D eigenvalue weighted by atomic mass is 10.2. The third kappa shape index (κ3) is 3.88. The second-order valence-electron chi connectivity index (χ2n) is 6.12. The summed E-state index contributed by atoms with van der Waals surface area (Å²) in [4.78, 5) is 29.4. The van der Waals surface area contributed by atoms with E-state index in [1.807, 2.05) is 38.1 Å². The molecule has 0 aliphatic carbocycles.